The van der Waals surface area contributed by atoms with Crippen LogP contribution in [0, 0.1) is 0 Å². The molecule has 0 spiro atoms. The summed E-state index contributed by atoms with van der Waals surface area (Å²) in [7, 11) is 0.265. The Labute approximate surface area is 147 Å². The minimum Gasteiger partial charge on any atom is -0.497 e. The minimum absolute atomic E-state index is 0.427. The molecule has 0 amide bonds. The summed E-state index contributed by atoms with van der Waals surface area (Å²) in [6, 6.07) is 14.6. The Morgan fingerprint density at radius 2 is 2.04 bits per heavy atom. The zero-order chi connectivity index (χ0) is 17.2. The molecule has 2 aromatic heterocycles. The Hall–Kier alpha value is -2.93. The van der Waals surface area contributed by atoms with E-state index in [2.05, 4.69) is 9.97 Å². The fourth-order valence-corrected chi connectivity index (χ4v) is 3.92. The number of rotatable bonds is 4. The van der Waals surface area contributed by atoms with Crippen molar-refractivity contribution < 1.29 is 13.7 Å². The number of nitrogens with zero attached hydrogens (tertiary/aromatic N) is 3. The average molecular weight is 353 g/mol. The standard InChI is InChI=1S/C18H15N3O3S/c1-23-14-8-7-13-12-21(25(22)16(13)10-14)17-5-2-6-18(20-17)24-15-4-3-9-19-11-15/h2-11H,12H2,1H3. The van der Waals surface area contributed by atoms with E-state index in [9.17, 15) is 4.21 Å². The van der Waals surface area contributed by atoms with E-state index < -0.39 is 11.0 Å². The largest absolute Gasteiger partial charge is 0.497 e. The van der Waals surface area contributed by atoms with E-state index in [1.807, 2.05) is 24.3 Å². The third-order valence-corrected chi connectivity index (χ3v) is 5.27. The summed E-state index contributed by atoms with van der Waals surface area (Å²) in [5.74, 6) is 2.31. The first-order valence-electron chi connectivity index (χ1n) is 7.66. The summed E-state index contributed by atoms with van der Waals surface area (Å²) in [4.78, 5) is 9.24. The van der Waals surface area contributed by atoms with Gasteiger partial charge in [0, 0.05) is 12.3 Å². The van der Waals surface area contributed by atoms with E-state index in [4.69, 9.17) is 9.47 Å². The van der Waals surface area contributed by atoms with Crippen molar-refractivity contribution in [2.45, 2.75) is 11.4 Å². The molecule has 0 N–H and O–H groups in total. The molecule has 1 aromatic carbocycles. The topological polar surface area (TPSA) is 64.5 Å². The van der Waals surface area contributed by atoms with Crippen LogP contribution in [0.3, 0.4) is 0 Å². The maximum atomic E-state index is 12.8. The molecule has 3 aromatic rings. The molecule has 25 heavy (non-hydrogen) atoms. The highest BCUT2D eigenvalue weighted by molar-refractivity contribution is 7.86. The van der Waals surface area contributed by atoms with Crippen molar-refractivity contribution in [2.24, 2.45) is 0 Å². The van der Waals surface area contributed by atoms with Crippen molar-refractivity contribution in [2.75, 3.05) is 11.4 Å². The van der Waals surface area contributed by atoms with E-state index in [-0.39, 0.29) is 0 Å². The SMILES string of the molecule is COc1ccc2c(c1)S(=O)N(c1cccc(Oc3cccnc3)n1)C2. The molecule has 126 valence electrons. The van der Waals surface area contributed by atoms with Gasteiger partial charge in [0.15, 0.2) is 11.0 Å². The third kappa shape index (κ3) is 3.06. The first kappa shape index (κ1) is 15.6. The first-order valence-corrected chi connectivity index (χ1v) is 8.76. The molecule has 1 aliphatic heterocycles. The van der Waals surface area contributed by atoms with Gasteiger partial charge in [-0.2, -0.15) is 4.98 Å². The molecule has 7 heteroatoms. The summed E-state index contributed by atoms with van der Waals surface area (Å²) >= 11 is 0. The molecule has 0 bridgehead atoms. The minimum atomic E-state index is -1.33. The Bertz CT molecular complexity index is 934. The number of methoxy groups -OCH3 is 1. The lowest BCUT2D eigenvalue weighted by Gasteiger charge is -2.15. The lowest BCUT2D eigenvalue weighted by Crippen LogP contribution is -2.19. The van der Waals surface area contributed by atoms with Gasteiger partial charge >= 0.3 is 0 Å². The van der Waals surface area contributed by atoms with Crippen molar-refractivity contribution in [1.82, 2.24) is 9.97 Å². The molecule has 0 radical (unpaired) electrons. The van der Waals surface area contributed by atoms with E-state index in [1.54, 1.807) is 48.1 Å². The maximum absolute atomic E-state index is 12.8. The van der Waals surface area contributed by atoms with Crippen LogP contribution in [0.2, 0.25) is 0 Å². The molecule has 1 atom stereocenters. The normalized spacial score (nSPS) is 15.7. The average Bonchev–Trinajstić information content (AvgIpc) is 2.99. The van der Waals surface area contributed by atoms with E-state index in [0.717, 1.165) is 10.5 Å². The maximum Gasteiger partial charge on any atom is 0.221 e. The van der Waals surface area contributed by atoms with Gasteiger partial charge in [0.25, 0.3) is 0 Å². The van der Waals surface area contributed by atoms with Gasteiger partial charge in [-0.25, -0.2) is 4.21 Å². The van der Waals surface area contributed by atoms with Crippen molar-refractivity contribution in [3.8, 4) is 17.4 Å². The summed E-state index contributed by atoms with van der Waals surface area (Å²) in [5.41, 5.74) is 1.000. The molecule has 1 unspecified atom stereocenters. The first-order chi connectivity index (χ1) is 12.2. The molecule has 0 fully saturated rings. The molecular weight excluding hydrogens is 338 g/mol. The van der Waals surface area contributed by atoms with Crippen LogP contribution in [0.15, 0.2) is 65.8 Å². The molecule has 0 saturated carbocycles. The molecular formula is C18H15N3O3S. The summed E-state index contributed by atoms with van der Waals surface area (Å²) in [6.45, 7) is 0.523. The van der Waals surface area contributed by atoms with Gasteiger partial charge in [0.2, 0.25) is 5.88 Å². The van der Waals surface area contributed by atoms with Gasteiger partial charge in [0.05, 0.1) is 24.7 Å². The summed E-state index contributed by atoms with van der Waals surface area (Å²) in [5, 5.41) is 0. The van der Waals surface area contributed by atoms with Gasteiger partial charge in [-0.05, 0) is 35.9 Å². The zero-order valence-corrected chi connectivity index (χ0v) is 14.3. The highest BCUT2D eigenvalue weighted by atomic mass is 32.2. The monoisotopic (exact) mass is 353 g/mol. The Morgan fingerprint density at radius 1 is 1.12 bits per heavy atom. The van der Waals surface area contributed by atoms with Gasteiger partial charge in [0.1, 0.15) is 17.3 Å². The molecule has 1 aliphatic rings. The second kappa shape index (κ2) is 6.52. The molecule has 0 aliphatic carbocycles. The predicted molar refractivity (Wildman–Crippen MR) is 94.1 cm³/mol. The molecule has 4 rings (SSSR count). The number of benzene rings is 1. The fraction of sp³-hybridized carbons (Fsp3) is 0.111. The summed E-state index contributed by atoms with van der Waals surface area (Å²) < 4.78 is 25.5. The van der Waals surface area contributed by atoms with E-state index in [1.165, 1.54) is 0 Å². The zero-order valence-electron chi connectivity index (χ0n) is 13.5. The van der Waals surface area contributed by atoms with Crippen molar-refractivity contribution in [1.29, 1.82) is 0 Å². The predicted octanol–water partition coefficient (Wildman–Crippen LogP) is 3.32. The van der Waals surface area contributed by atoms with Crippen molar-refractivity contribution in [3.05, 3.63) is 66.5 Å². The van der Waals surface area contributed by atoms with E-state index >= 15 is 0 Å². The lowest BCUT2D eigenvalue weighted by atomic mass is 10.2. The van der Waals surface area contributed by atoms with Gasteiger partial charge in [-0.1, -0.05) is 12.1 Å². The van der Waals surface area contributed by atoms with Gasteiger partial charge < -0.3 is 9.47 Å². The molecule has 0 saturated heterocycles. The number of hydrogen-bond donors (Lipinski definition) is 0. The van der Waals surface area contributed by atoms with Crippen LogP contribution < -0.4 is 13.8 Å². The number of ether oxygens (including phenoxy) is 2. The Kier molecular flexibility index (Phi) is 4.07. The second-order valence-electron chi connectivity index (χ2n) is 5.38. The highest BCUT2D eigenvalue weighted by Crippen LogP contribution is 2.34. The van der Waals surface area contributed by atoms with Crippen LogP contribution in [0.1, 0.15) is 5.56 Å². The van der Waals surface area contributed by atoms with Gasteiger partial charge in [-0.3, -0.25) is 9.29 Å². The highest BCUT2D eigenvalue weighted by Gasteiger charge is 2.28. The van der Waals surface area contributed by atoms with E-state index in [0.29, 0.717) is 29.7 Å². The molecule has 6 nitrogen and oxygen atoms in total. The lowest BCUT2D eigenvalue weighted by molar-refractivity contribution is 0.413. The number of hydrogen-bond acceptors (Lipinski definition) is 5. The smallest absolute Gasteiger partial charge is 0.221 e. The number of aromatic nitrogens is 2. The third-order valence-electron chi connectivity index (χ3n) is 3.80. The van der Waals surface area contributed by atoms with Crippen LogP contribution in [-0.4, -0.2) is 21.3 Å². The molecule has 3 heterocycles. The van der Waals surface area contributed by atoms with Crippen LogP contribution in [-0.2, 0) is 17.5 Å². The van der Waals surface area contributed by atoms with Crippen molar-refractivity contribution >= 4 is 16.8 Å². The number of anilines is 1. The van der Waals surface area contributed by atoms with Crippen LogP contribution in [0.5, 0.6) is 17.4 Å². The number of fused-ring (bicyclic) bond motifs is 1. The van der Waals surface area contributed by atoms with Crippen LogP contribution >= 0.6 is 0 Å². The van der Waals surface area contributed by atoms with Crippen LogP contribution in [0.4, 0.5) is 5.82 Å². The Balaban J connectivity index is 1.61. The van der Waals surface area contributed by atoms with Gasteiger partial charge in [-0.15, -0.1) is 0 Å². The quantitative estimate of drug-likeness (QED) is 0.720. The summed E-state index contributed by atoms with van der Waals surface area (Å²) in [6.07, 6.45) is 3.29. The van der Waals surface area contributed by atoms with Crippen molar-refractivity contribution in [3.63, 3.8) is 0 Å². The second-order valence-corrected chi connectivity index (χ2v) is 6.76. The van der Waals surface area contributed by atoms with Crippen LogP contribution in [0.25, 0.3) is 0 Å². The fourth-order valence-electron chi connectivity index (χ4n) is 2.58. The Morgan fingerprint density at radius 3 is 2.84 bits per heavy atom. The number of pyridine rings is 2.